The highest BCUT2D eigenvalue weighted by atomic mass is 35.5. The number of aromatic nitrogens is 2. The number of nitrogens with two attached hydrogens (primary N) is 1. The van der Waals surface area contributed by atoms with Crippen molar-refractivity contribution < 1.29 is 19.1 Å². The standard InChI is InChI=1S/C26H34ClN5O4/c1-25(2,3)36-24(33)31-14-7-9-15(10-8-14)35-16-11-17-19(18(27)12-16)21-20(23(28)30-13-29-21)26(4,5)22(17)32-34-6/h11-15H,7-10H2,1-6H3,(H,31,33)(H2,28,29,30). The van der Waals surface area contributed by atoms with Crippen LogP contribution in [-0.4, -0.2) is 46.6 Å². The zero-order chi connectivity index (χ0) is 26.3. The Morgan fingerprint density at radius 2 is 1.89 bits per heavy atom. The Morgan fingerprint density at radius 3 is 2.53 bits per heavy atom. The number of nitrogens with one attached hydrogen (secondary N) is 1. The second-order valence-corrected chi connectivity index (χ2v) is 11.2. The van der Waals surface area contributed by atoms with Gasteiger partial charge in [-0.05, 0) is 72.4 Å². The molecule has 0 saturated heterocycles. The number of benzene rings is 1. The average Bonchev–Trinajstić information content (AvgIpc) is 2.76. The van der Waals surface area contributed by atoms with Crippen LogP contribution in [0, 0.1) is 0 Å². The number of nitrogen functional groups attached to an aromatic ring is 1. The summed E-state index contributed by atoms with van der Waals surface area (Å²) in [5.41, 5.74) is 8.76. The van der Waals surface area contributed by atoms with Crippen LogP contribution in [0.5, 0.6) is 5.75 Å². The van der Waals surface area contributed by atoms with E-state index in [4.69, 9.17) is 31.6 Å². The third-order valence-corrected chi connectivity index (χ3v) is 6.83. The van der Waals surface area contributed by atoms with Crippen molar-refractivity contribution in [3.8, 4) is 17.0 Å². The highest BCUT2D eigenvalue weighted by Gasteiger charge is 2.42. The maximum Gasteiger partial charge on any atom is 0.407 e. The van der Waals surface area contributed by atoms with Gasteiger partial charge in [0.15, 0.2) is 0 Å². The molecule has 10 heteroatoms. The van der Waals surface area contributed by atoms with E-state index >= 15 is 0 Å². The number of amides is 1. The number of carbonyl (C=O) groups excluding carboxylic acids is 1. The minimum absolute atomic E-state index is 0.000438. The summed E-state index contributed by atoms with van der Waals surface area (Å²) in [4.78, 5) is 26.0. The van der Waals surface area contributed by atoms with E-state index in [0.717, 1.165) is 42.4 Å². The lowest BCUT2D eigenvalue weighted by Gasteiger charge is -2.35. The van der Waals surface area contributed by atoms with Crippen LogP contribution >= 0.6 is 11.6 Å². The van der Waals surface area contributed by atoms with Crippen LogP contribution in [0.15, 0.2) is 23.6 Å². The Hall–Kier alpha value is -3.07. The predicted molar refractivity (Wildman–Crippen MR) is 140 cm³/mol. The first kappa shape index (κ1) is 26.0. The molecule has 0 spiro atoms. The Bertz CT molecular complexity index is 1180. The quantitative estimate of drug-likeness (QED) is 0.534. The minimum atomic E-state index is -0.614. The molecule has 3 N–H and O–H groups in total. The monoisotopic (exact) mass is 515 g/mol. The number of oxime groups is 1. The largest absolute Gasteiger partial charge is 0.490 e. The molecule has 1 saturated carbocycles. The van der Waals surface area contributed by atoms with Crippen LogP contribution in [0.3, 0.4) is 0 Å². The molecular weight excluding hydrogens is 482 g/mol. The van der Waals surface area contributed by atoms with Gasteiger partial charge in [-0.3, -0.25) is 0 Å². The van der Waals surface area contributed by atoms with Gasteiger partial charge in [-0.25, -0.2) is 14.8 Å². The molecule has 4 rings (SSSR count). The molecule has 194 valence electrons. The maximum absolute atomic E-state index is 12.1. The van der Waals surface area contributed by atoms with Crippen molar-refractivity contribution in [3.63, 3.8) is 0 Å². The highest BCUT2D eigenvalue weighted by molar-refractivity contribution is 6.35. The molecular formula is C26H34ClN5O4. The van der Waals surface area contributed by atoms with Gasteiger partial charge in [0.1, 0.15) is 30.6 Å². The zero-order valence-electron chi connectivity index (χ0n) is 21.6. The van der Waals surface area contributed by atoms with E-state index in [1.807, 2.05) is 40.7 Å². The summed E-state index contributed by atoms with van der Waals surface area (Å²) in [6.45, 7) is 9.57. The van der Waals surface area contributed by atoms with Gasteiger partial charge in [0.2, 0.25) is 0 Å². The van der Waals surface area contributed by atoms with Crippen molar-refractivity contribution in [2.45, 2.75) is 83.5 Å². The third-order valence-electron chi connectivity index (χ3n) is 6.53. The van der Waals surface area contributed by atoms with Gasteiger partial charge in [-0.2, -0.15) is 0 Å². The van der Waals surface area contributed by atoms with Crippen molar-refractivity contribution in [1.82, 2.24) is 15.3 Å². The fraction of sp³-hybridized carbons (Fsp3) is 0.538. The van der Waals surface area contributed by atoms with E-state index in [1.165, 1.54) is 13.4 Å². The first-order valence-electron chi connectivity index (χ1n) is 12.1. The summed E-state index contributed by atoms with van der Waals surface area (Å²) >= 11 is 6.80. The molecule has 1 aromatic carbocycles. The van der Waals surface area contributed by atoms with Crippen molar-refractivity contribution in [3.05, 3.63) is 34.6 Å². The normalized spacial score (nSPS) is 21.8. The summed E-state index contributed by atoms with van der Waals surface area (Å²) in [6, 6.07) is 3.80. The molecule has 1 heterocycles. The Labute approximate surface area is 216 Å². The molecule has 2 aromatic rings. The van der Waals surface area contributed by atoms with Gasteiger partial charge >= 0.3 is 6.09 Å². The Balaban J connectivity index is 1.55. The molecule has 2 aliphatic carbocycles. The lowest BCUT2D eigenvalue weighted by atomic mass is 9.70. The van der Waals surface area contributed by atoms with E-state index in [-0.39, 0.29) is 18.2 Å². The molecule has 2 aliphatic rings. The number of anilines is 1. The maximum atomic E-state index is 12.1. The first-order chi connectivity index (χ1) is 16.9. The number of halogens is 1. The number of ether oxygens (including phenoxy) is 2. The lowest BCUT2D eigenvalue weighted by Crippen LogP contribution is -2.42. The van der Waals surface area contributed by atoms with Gasteiger partial charge in [0.05, 0.1) is 22.5 Å². The van der Waals surface area contributed by atoms with Crippen molar-refractivity contribution in [1.29, 1.82) is 0 Å². The van der Waals surface area contributed by atoms with E-state index in [1.54, 1.807) is 6.07 Å². The summed E-state index contributed by atoms with van der Waals surface area (Å²) in [5.74, 6) is 1.03. The molecule has 1 aromatic heterocycles. The summed E-state index contributed by atoms with van der Waals surface area (Å²) in [5, 5.41) is 7.80. The molecule has 0 radical (unpaired) electrons. The molecule has 0 unspecified atom stereocenters. The Kier molecular flexibility index (Phi) is 7.05. The summed E-state index contributed by atoms with van der Waals surface area (Å²) in [7, 11) is 1.51. The van der Waals surface area contributed by atoms with Crippen molar-refractivity contribution in [2.24, 2.45) is 5.16 Å². The van der Waals surface area contributed by atoms with Gasteiger partial charge in [0.25, 0.3) is 0 Å². The van der Waals surface area contributed by atoms with Crippen molar-refractivity contribution >= 4 is 29.2 Å². The molecule has 9 nitrogen and oxygen atoms in total. The second kappa shape index (κ2) is 9.76. The Morgan fingerprint density at radius 1 is 1.19 bits per heavy atom. The van der Waals surface area contributed by atoms with Gasteiger partial charge in [0, 0.05) is 28.1 Å². The molecule has 0 bridgehead atoms. The van der Waals surface area contributed by atoms with Crippen molar-refractivity contribution in [2.75, 3.05) is 12.8 Å². The summed E-state index contributed by atoms with van der Waals surface area (Å²) in [6.07, 6.45) is 4.26. The first-order valence-corrected chi connectivity index (χ1v) is 12.5. The van der Waals surface area contributed by atoms with E-state index in [9.17, 15) is 4.79 Å². The van der Waals surface area contributed by atoms with Crippen LogP contribution in [0.25, 0.3) is 11.3 Å². The van der Waals surface area contributed by atoms with E-state index in [2.05, 4.69) is 20.4 Å². The van der Waals surface area contributed by atoms with E-state index < -0.39 is 11.0 Å². The SMILES string of the molecule is CON=C1c2cc(OC3CCC(NC(=O)OC(C)(C)C)CC3)cc(Cl)c2-c2ncnc(N)c2C1(C)C. The van der Waals surface area contributed by atoms with Gasteiger partial charge in [-0.1, -0.05) is 16.8 Å². The van der Waals surface area contributed by atoms with Crippen LogP contribution in [-0.2, 0) is 15.0 Å². The topological polar surface area (TPSA) is 121 Å². The van der Waals surface area contributed by atoms with Gasteiger partial charge < -0.3 is 25.4 Å². The average molecular weight is 516 g/mol. The number of carbonyl (C=O) groups is 1. The number of rotatable bonds is 4. The van der Waals surface area contributed by atoms with Gasteiger partial charge in [-0.15, -0.1) is 0 Å². The summed E-state index contributed by atoms with van der Waals surface area (Å²) < 4.78 is 11.7. The number of hydrogen-bond acceptors (Lipinski definition) is 8. The van der Waals surface area contributed by atoms with Crippen LogP contribution < -0.4 is 15.8 Å². The fourth-order valence-corrected chi connectivity index (χ4v) is 5.28. The van der Waals surface area contributed by atoms with Crippen LogP contribution in [0.2, 0.25) is 5.02 Å². The number of nitrogens with zero attached hydrogens (tertiary/aromatic N) is 3. The second-order valence-electron chi connectivity index (χ2n) is 10.8. The number of hydrogen-bond donors (Lipinski definition) is 2. The fourth-order valence-electron chi connectivity index (χ4n) is 4.98. The third kappa shape index (κ3) is 5.21. The lowest BCUT2D eigenvalue weighted by molar-refractivity contribution is 0.0471. The molecule has 36 heavy (non-hydrogen) atoms. The highest BCUT2D eigenvalue weighted by Crippen LogP contribution is 2.48. The molecule has 1 amide bonds. The minimum Gasteiger partial charge on any atom is -0.490 e. The number of fused-ring (bicyclic) bond motifs is 3. The number of alkyl carbamates (subject to hydrolysis) is 1. The smallest absolute Gasteiger partial charge is 0.407 e. The molecule has 0 aliphatic heterocycles. The molecule has 1 fully saturated rings. The predicted octanol–water partition coefficient (Wildman–Crippen LogP) is 5.24. The molecule has 0 atom stereocenters. The van der Waals surface area contributed by atoms with Crippen LogP contribution in [0.4, 0.5) is 10.6 Å². The van der Waals surface area contributed by atoms with E-state index in [0.29, 0.717) is 28.0 Å². The zero-order valence-corrected chi connectivity index (χ0v) is 22.4. The van der Waals surface area contributed by atoms with Crippen LogP contribution in [0.1, 0.15) is 71.4 Å².